The van der Waals surface area contributed by atoms with Gasteiger partial charge in [-0.1, -0.05) is 12.1 Å². The predicted molar refractivity (Wildman–Crippen MR) is 117 cm³/mol. The van der Waals surface area contributed by atoms with Gasteiger partial charge in [-0.3, -0.25) is 4.79 Å². The average Bonchev–Trinajstić information content (AvgIpc) is 3.26. The molecule has 1 aliphatic rings. The number of carbonyl (C=O) groups excluding carboxylic acids is 1. The number of nitrogens with one attached hydrogen (secondary N) is 1. The fourth-order valence-electron chi connectivity index (χ4n) is 3.50. The fraction of sp³-hybridized carbons (Fsp3) is 0.375. The molecule has 160 valence electrons. The SMILES string of the molecule is C=CCc1ccc(OCC(=O)Nc2ccc(OC)c(OC3CCCC3)c2)c(OC)c1. The lowest BCUT2D eigenvalue weighted by atomic mass is 10.1. The average molecular weight is 411 g/mol. The third kappa shape index (κ3) is 5.69. The van der Waals surface area contributed by atoms with Crippen LogP contribution in [0.3, 0.4) is 0 Å². The number of methoxy groups -OCH3 is 2. The summed E-state index contributed by atoms with van der Waals surface area (Å²) in [7, 11) is 3.18. The molecular weight excluding hydrogens is 382 g/mol. The van der Waals surface area contributed by atoms with Crippen molar-refractivity contribution in [1.29, 1.82) is 0 Å². The molecule has 1 fully saturated rings. The van der Waals surface area contributed by atoms with Crippen molar-refractivity contribution in [3.05, 3.63) is 54.6 Å². The number of ether oxygens (including phenoxy) is 4. The Balaban J connectivity index is 1.61. The molecule has 0 heterocycles. The zero-order valence-electron chi connectivity index (χ0n) is 17.6. The van der Waals surface area contributed by atoms with Crippen LogP contribution in [-0.2, 0) is 11.2 Å². The van der Waals surface area contributed by atoms with Crippen LogP contribution in [0, 0.1) is 0 Å². The van der Waals surface area contributed by atoms with E-state index < -0.39 is 0 Å². The molecule has 0 aromatic heterocycles. The quantitative estimate of drug-likeness (QED) is 0.571. The van der Waals surface area contributed by atoms with Crippen molar-refractivity contribution in [3.8, 4) is 23.0 Å². The van der Waals surface area contributed by atoms with E-state index in [9.17, 15) is 4.79 Å². The minimum absolute atomic E-state index is 0.137. The molecule has 6 heteroatoms. The van der Waals surface area contributed by atoms with E-state index >= 15 is 0 Å². The zero-order valence-corrected chi connectivity index (χ0v) is 17.6. The molecule has 30 heavy (non-hydrogen) atoms. The Hall–Kier alpha value is -3.15. The number of rotatable bonds is 10. The van der Waals surface area contributed by atoms with E-state index in [-0.39, 0.29) is 18.6 Å². The second-order valence-electron chi connectivity index (χ2n) is 7.20. The second kappa shape index (κ2) is 10.6. The van der Waals surface area contributed by atoms with Gasteiger partial charge in [-0.05, 0) is 61.9 Å². The van der Waals surface area contributed by atoms with Crippen LogP contribution in [0.4, 0.5) is 5.69 Å². The van der Waals surface area contributed by atoms with E-state index in [0.29, 0.717) is 28.7 Å². The van der Waals surface area contributed by atoms with Crippen LogP contribution in [0.15, 0.2) is 49.1 Å². The Bertz CT molecular complexity index is 874. The Morgan fingerprint density at radius 3 is 2.47 bits per heavy atom. The van der Waals surface area contributed by atoms with E-state index in [2.05, 4.69) is 11.9 Å². The largest absolute Gasteiger partial charge is 0.493 e. The Morgan fingerprint density at radius 2 is 1.77 bits per heavy atom. The minimum atomic E-state index is -0.274. The van der Waals surface area contributed by atoms with Gasteiger partial charge in [0.2, 0.25) is 0 Å². The predicted octanol–water partition coefficient (Wildman–Crippen LogP) is 4.77. The van der Waals surface area contributed by atoms with Crippen molar-refractivity contribution in [2.45, 2.75) is 38.2 Å². The fourth-order valence-corrected chi connectivity index (χ4v) is 3.50. The van der Waals surface area contributed by atoms with E-state index in [4.69, 9.17) is 18.9 Å². The third-order valence-corrected chi connectivity index (χ3v) is 5.01. The summed E-state index contributed by atoms with van der Waals surface area (Å²) >= 11 is 0. The summed E-state index contributed by atoms with van der Waals surface area (Å²) < 4.78 is 22.5. The van der Waals surface area contributed by atoms with Crippen molar-refractivity contribution in [1.82, 2.24) is 0 Å². The van der Waals surface area contributed by atoms with Crippen LogP contribution in [0.1, 0.15) is 31.2 Å². The molecule has 0 radical (unpaired) electrons. The van der Waals surface area contributed by atoms with Crippen molar-refractivity contribution >= 4 is 11.6 Å². The molecule has 0 aliphatic heterocycles. The van der Waals surface area contributed by atoms with Gasteiger partial charge in [0.25, 0.3) is 5.91 Å². The van der Waals surface area contributed by atoms with E-state index in [1.54, 1.807) is 38.5 Å². The van der Waals surface area contributed by atoms with Gasteiger partial charge < -0.3 is 24.3 Å². The molecule has 1 N–H and O–H groups in total. The van der Waals surface area contributed by atoms with E-state index in [1.807, 2.05) is 18.2 Å². The molecular formula is C24H29NO5. The molecule has 0 saturated heterocycles. The van der Waals surface area contributed by atoms with Crippen LogP contribution >= 0.6 is 0 Å². The lowest BCUT2D eigenvalue weighted by Crippen LogP contribution is -2.20. The summed E-state index contributed by atoms with van der Waals surface area (Å²) in [4.78, 5) is 12.4. The van der Waals surface area contributed by atoms with Gasteiger partial charge in [-0.2, -0.15) is 0 Å². The van der Waals surface area contributed by atoms with Crippen molar-refractivity contribution in [2.24, 2.45) is 0 Å². The maximum absolute atomic E-state index is 12.4. The van der Waals surface area contributed by atoms with Crippen molar-refractivity contribution < 1.29 is 23.7 Å². The topological polar surface area (TPSA) is 66.0 Å². The van der Waals surface area contributed by atoms with Crippen molar-refractivity contribution in [2.75, 3.05) is 26.1 Å². The first-order chi connectivity index (χ1) is 14.6. The lowest BCUT2D eigenvalue weighted by Gasteiger charge is -2.17. The third-order valence-electron chi connectivity index (χ3n) is 5.01. The first-order valence-corrected chi connectivity index (χ1v) is 10.2. The van der Waals surface area contributed by atoms with Crippen molar-refractivity contribution in [3.63, 3.8) is 0 Å². The van der Waals surface area contributed by atoms with E-state index in [0.717, 1.165) is 24.8 Å². The van der Waals surface area contributed by atoms with Crippen LogP contribution < -0.4 is 24.3 Å². The monoisotopic (exact) mass is 411 g/mol. The first-order valence-electron chi connectivity index (χ1n) is 10.2. The molecule has 1 aliphatic carbocycles. The van der Waals surface area contributed by atoms with Crippen LogP contribution in [0.5, 0.6) is 23.0 Å². The first kappa shape index (κ1) is 21.6. The normalized spacial score (nSPS) is 13.5. The maximum Gasteiger partial charge on any atom is 0.262 e. The number of carbonyl (C=O) groups is 1. The molecule has 0 atom stereocenters. The van der Waals surface area contributed by atoms with Gasteiger partial charge in [-0.15, -0.1) is 6.58 Å². The summed E-state index contributed by atoms with van der Waals surface area (Å²) in [5.41, 5.74) is 1.69. The van der Waals surface area contributed by atoms with Gasteiger partial charge in [0.15, 0.2) is 29.6 Å². The van der Waals surface area contributed by atoms with Gasteiger partial charge in [0.05, 0.1) is 20.3 Å². The number of amides is 1. The molecule has 1 amide bonds. The maximum atomic E-state index is 12.4. The smallest absolute Gasteiger partial charge is 0.262 e. The van der Waals surface area contributed by atoms with Gasteiger partial charge in [0, 0.05) is 11.8 Å². The molecule has 0 spiro atoms. The number of hydrogen-bond donors (Lipinski definition) is 1. The number of anilines is 1. The van der Waals surface area contributed by atoms with Gasteiger partial charge in [-0.25, -0.2) is 0 Å². The van der Waals surface area contributed by atoms with Crippen LogP contribution in [0.2, 0.25) is 0 Å². The number of allylic oxidation sites excluding steroid dienone is 1. The molecule has 0 unspecified atom stereocenters. The summed E-state index contributed by atoms with van der Waals surface area (Å²) in [6, 6.07) is 11.0. The number of benzene rings is 2. The Kier molecular flexibility index (Phi) is 7.60. The minimum Gasteiger partial charge on any atom is -0.493 e. The molecule has 0 bridgehead atoms. The second-order valence-corrected chi connectivity index (χ2v) is 7.20. The van der Waals surface area contributed by atoms with Gasteiger partial charge in [0.1, 0.15) is 0 Å². The molecule has 3 rings (SSSR count). The Labute approximate surface area is 177 Å². The molecule has 2 aromatic carbocycles. The Morgan fingerprint density at radius 1 is 1.03 bits per heavy atom. The standard InChI is InChI=1S/C24H29NO5/c1-4-7-17-10-12-21(22(14-17)28-3)29-16-24(26)25-18-11-13-20(27-2)23(15-18)30-19-8-5-6-9-19/h4,10-15,19H,1,5-9,16H2,2-3H3,(H,25,26). The molecule has 6 nitrogen and oxygen atoms in total. The highest BCUT2D eigenvalue weighted by Gasteiger charge is 2.19. The zero-order chi connectivity index (χ0) is 21.3. The highest BCUT2D eigenvalue weighted by molar-refractivity contribution is 5.92. The molecule has 1 saturated carbocycles. The van der Waals surface area contributed by atoms with Crippen LogP contribution in [0.25, 0.3) is 0 Å². The summed E-state index contributed by atoms with van der Waals surface area (Å²) in [5.74, 6) is 2.12. The summed E-state index contributed by atoms with van der Waals surface area (Å²) in [6.45, 7) is 3.60. The van der Waals surface area contributed by atoms with Gasteiger partial charge >= 0.3 is 0 Å². The van der Waals surface area contributed by atoms with Crippen LogP contribution in [-0.4, -0.2) is 32.8 Å². The van der Waals surface area contributed by atoms with E-state index in [1.165, 1.54) is 12.8 Å². The summed E-state index contributed by atoms with van der Waals surface area (Å²) in [6.07, 6.45) is 7.20. The number of hydrogen-bond acceptors (Lipinski definition) is 5. The lowest BCUT2D eigenvalue weighted by molar-refractivity contribution is -0.118. The highest BCUT2D eigenvalue weighted by atomic mass is 16.5. The molecule has 2 aromatic rings. The summed E-state index contributed by atoms with van der Waals surface area (Å²) in [5, 5.41) is 2.84. The highest BCUT2D eigenvalue weighted by Crippen LogP contribution is 2.34.